The lowest BCUT2D eigenvalue weighted by Crippen LogP contribution is -2.37. The molecule has 3 rings (SSSR count). The summed E-state index contributed by atoms with van der Waals surface area (Å²) < 4.78 is 5.38. The van der Waals surface area contributed by atoms with Gasteiger partial charge in [0.2, 0.25) is 0 Å². The molecular weight excluding hydrogens is 284 g/mol. The van der Waals surface area contributed by atoms with Crippen LogP contribution in [-0.4, -0.2) is 24.5 Å². The smallest absolute Gasteiger partial charge is 0.103 e. The zero-order chi connectivity index (χ0) is 16.1. The van der Waals surface area contributed by atoms with Crippen molar-refractivity contribution < 1.29 is 4.42 Å². The van der Waals surface area contributed by atoms with Gasteiger partial charge >= 0.3 is 0 Å². The third-order valence-corrected chi connectivity index (χ3v) is 5.13. The summed E-state index contributed by atoms with van der Waals surface area (Å²) in [6, 6.07) is 11.1. The van der Waals surface area contributed by atoms with Gasteiger partial charge in [-0.25, -0.2) is 0 Å². The second-order valence-corrected chi connectivity index (χ2v) is 6.75. The van der Waals surface area contributed by atoms with Crippen LogP contribution in [0, 0.1) is 0 Å². The summed E-state index contributed by atoms with van der Waals surface area (Å²) in [6.07, 6.45) is 10.1. The van der Waals surface area contributed by atoms with E-state index < -0.39 is 0 Å². The lowest BCUT2D eigenvalue weighted by molar-refractivity contribution is 0.217. The van der Waals surface area contributed by atoms with Crippen LogP contribution in [0.5, 0.6) is 0 Å². The van der Waals surface area contributed by atoms with Gasteiger partial charge in [-0.3, -0.25) is 0 Å². The number of hydrogen-bond acceptors (Lipinski definition) is 3. The van der Waals surface area contributed by atoms with Crippen LogP contribution in [0.1, 0.15) is 42.6 Å². The first-order valence-corrected chi connectivity index (χ1v) is 8.83. The number of benzene rings is 1. The van der Waals surface area contributed by atoms with Gasteiger partial charge in [0.05, 0.1) is 6.26 Å². The fraction of sp³-hybridized carbons (Fsp3) is 0.500. The molecule has 2 aromatic rings. The van der Waals surface area contributed by atoms with Crippen molar-refractivity contribution in [3.63, 3.8) is 0 Å². The van der Waals surface area contributed by atoms with E-state index in [2.05, 4.69) is 30.1 Å². The molecule has 1 unspecified atom stereocenters. The van der Waals surface area contributed by atoms with E-state index in [1.807, 2.05) is 12.1 Å². The molecule has 0 aliphatic heterocycles. The molecule has 0 saturated heterocycles. The number of fused-ring (bicyclic) bond motifs is 1. The zero-order valence-electron chi connectivity index (χ0n) is 14.1. The van der Waals surface area contributed by atoms with Crippen LogP contribution in [0.3, 0.4) is 0 Å². The average Bonchev–Trinajstić information content (AvgIpc) is 3.07. The van der Waals surface area contributed by atoms with Gasteiger partial charge in [-0.15, -0.1) is 0 Å². The maximum atomic E-state index is 6.10. The van der Waals surface area contributed by atoms with Gasteiger partial charge in [-0.2, -0.15) is 0 Å². The van der Waals surface area contributed by atoms with Gasteiger partial charge in [0.15, 0.2) is 0 Å². The quantitative estimate of drug-likeness (QED) is 0.619. The summed E-state index contributed by atoms with van der Waals surface area (Å²) >= 11 is 0. The van der Waals surface area contributed by atoms with E-state index in [0.717, 1.165) is 30.7 Å². The maximum absolute atomic E-state index is 6.10. The second kappa shape index (κ2) is 7.69. The Balaban J connectivity index is 1.40. The number of hydrogen-bond donors (Lipinski definition) is 1. The van der Waals surface area contributed by atoms with Crippen LogP contribution in [0.25, 0.3) is 0 Å². The van der Waals surface area contributed by atoms with Gasteiger partial charge in [0, 0.05) is 18.2 Å². The van der Waals surface area contributed by atoms with E-state index in [4.69, 9.17) is 10.2 Å². The summed E-state index contributed by atoms with van der Waals surface area (Å²) in [5.41, 5.74) is 9.90. The largest absolute Gasteiger partial charge is 0.469 e. The van der Waals surface area contributed by atoms with E-state index in [1.54, 1.807) is 6.26 Å². The molecule has 1 aliphatic rings. The van der Waals surface area contributed by atoms with Crippen LogP contribution in [0.15, 0.2) is 41.0 Å². The number of rotatable bonds is 7. The Labute approximate surface area is 139 Å². The fourth-order valence-corrected chi connectivity index (χ4v) is 3.67. The lowest BCUT2D eigenvalue weighted by Gasteiger charge is -2.33. The van der Waals surface area contributed by atoms with Crippen molar-refractivity contribution in [2.24, 2.45) is 0 Å². The Hall–Kier alpha value is -1.74. The van der Waals surface area contributed by atoms with E-state index in [1.165, 1.54) is 43.4 Å². The van der Waals surface area contributed by atoms with Gasteiger partial charge < -0.3 is 15.1 Å². The van der Waals surface area contributed by atoms with Crippen molar-refractivity contribution in [3.8, 4) is 0 Å². The monoisotopic (exact) mass is 312 g/mol. The van der Waals surface area contributed by atoms with E-state index in [9.17, 15) is 0 Å². The molecule has 3 nitrogen and oxygen atoms in total. The summed E-state index contributed by atoms with van der Waals surface area (Å²) in [4.78, 5) is 2.54. The van der Waals surface area contributed by atoms with Gasteiger partial charge in [0.1, 0.15) is 5.76 Å². The SMILES string of the molecule is CN(CCCCCc1ccco1)C1CCc2c(N)cccc2C1. The van der Waals surface area contributed by atoms with Crippen LogP contribution in [0.2, 0.25) is 0 Å². The van der Waals surface area contributed by atoms with Gasteiger partial charge in [-0.05, 0) is 75.0 Å². The Morgan fingerprint density at radius 2 is 2.09 bits per heavy atom. The molecule has 2 N–H and O–H groups in total. The number of nitrogens with zero attached hydrogens (tertiary/aromatic N) is 1. The molecule has 1 atom stereocenters. The highest BCUT2D eigenvalue weighted by molar-refractivity contribution is 5.52. The molecule has 0 radical (unpaired) electrons. The Bertz CT molecular complexity index is 606. The van der Waals surface area contributed by atoms with Crippen LogP contribution in [-0.2, 0) is 19.3 Å². The Morgan fingerprint density at radius 3 is 2.91 bits per heavy atom. The maximum Gasteiger partial charge on any atom is 0.103 e. The third kappa shape index (κ3) is 4.17. The summed E-state index contributed by atoms with van der Waals surface area (Å²) in [7, 11) is 2.27. The van der Waals surface area contributed by atoms with Crippen molar-refractivity contribution in [1.29, 1.82) is 0 Å². The number of anilines is 1. The minimum Gasteiger partial charge on any atom is -0.469 e. The molecule has 1 aromatic heterocycles. The molecule has 0 saturated carbocycles. The minimum atomic E-state index is 0.661. The summed E-state index contributed by atoms with van der Waals surface area (Å²) in [6.45, 7) is 1.18. The number of furan rings is 1. The highest BCUT2D eigenvalue weighted by Crippen LogP contribution is 2.28. The molecule has 0 bridgehead atoms. The molecule has 23 heavy (non-hydrogen) atoms. The number of nitrogen functional groups attached to an aromatic ring is 1. The molecule has 3 heteroatoms. The van der Waals surface area contributed by atoms with E-state index in [-0.39, 0.29) is 0 Å². The van der Waals surface area contributed by atoms with Crippen molar-refractivity contribution in [2.45, 2.75) is 51.0 Å². The third-order valence-electron chi connectivity index (χ3n) is 5.13. The highest BCUT2D eigenvalue weighted by Gasteiger charge is 2.22. The molecular formula is C20H28N2O. The predicted molar refractivity (Wildman–Crippen MR) is 95.6 cm³/mol. The molecule has 1 heterocycles. The van der Waals surface area contributed by atoms with Crippen molar-refractivity contribution in [2.75, 3.05) is 19.3 Å². The molecule has 124 valence electrons. The normalized spacial score (nSPS) is 17.4. The number of aryl methyl sites for hydroxylation is 1. The first-order valence-electron chi connectivity index (χ1n) is 8.83. The molecule has 1 aromatic carbocycles. The van der Waals surface area contributed by atoms with Crippen molar-refractivity contribution in [3.05, 3.63) is 53.5 Å². The average molecular weight is 312 g/mol. The number of unbranched alkanes of at least 4 members (excludes halogenated alkanes) is 2. The van der Waals surface area contributed by atoms with E-state index >= 15 is 0 Å². The Kier molecular flexibility index (Phi) is 5.39. The standard InChI is InChI=1S/C20H28N2O/c1-22(13-4-2-3-8-18-9-6-14-23-18)17-11-12-19-16(15-17)7-5-10-20(19)21/h5-7,9-10,14,17H,2-4,8,11-13,15,21H2,1H3. The minimum absolute atomic E-state index is 0.661. The molecule has 1 aliphatic carbocycles. The van der Waals surface area contributed by atoms with Crippen molar-refractivity contribution >= 4 is 5.69 Å². The number of nitrogens with two attached hydrogens (primary N) is 1. The Morgan fingerprint density at radius 1 is 1.17 bits per heavy atom. The van der Waals surface area contributed by atoms with Crippen LogP contribution in [0.4, 0.5) is 5.69 Å². The van der Waals surface area contributed by atoms with E-state index in [0.29, 0.717) is 6.04 Å². The van der Waals surface area contributed by atoms with Gasteiger partial charge in [0.25, 0.3) is 0 Å². The number of likely N-dealkylation sites (N-methyl/N-ethyl adjacent to an activating group) is 1. The van der Waals surface area contributed by atoms with Crippen LogP contribution >= 0.6 is 0 Å². The van der Waals surface area contributed by atoms with Crippen LogP contribution < -0.4 is 5.73 Å². The zero-order valence-corrected chi connectivity index (χ0v) is 14.1. The first-order chi connectivity index (χ1) is 11.2. The first kappa shape index (κ1) is 16.1. The summed E-state index contributed by atoms with van der Waals surface area (Å²) in [5.74, 6) is 1.11. The fourth-order valence-electron chi connectivity index (χ4n) is 3.67. The topological polar surface area (TPSA) is 42.4 Å². The predicted octanol–water partition coefficient (Wildman–Crippen LogP) is 4.06. The highest BCUT2D eigenvalue weighted by atomic mass is 16.3. The molecule has 0 spiro atoms. The molecule has 0 amide bonds. The molecule has 0 fully saturated rings. The lowest BCUT2D eigenvalue weighted by atomic mass is 9.86. The summed E-state index contributed by atoms with van der Waals surface area (Å²) in [5, 5.41) is 0. The van der Waals surface area contributed by atoms with Crippen molar-refractivity contribution in [1.82, 2.24) is 4.90 Å². The second-order valence-electron chi connectivity index (χ2n) is 6.75. The van der Waals surface area contributed by atoms with Gasteiger partial charge in [-0.1, -0.05) is 18.6 Å².